The summed E-state index contributed by atoms with van der Waals surface area (Å²) < 4.78 is 0. The van der Waals surface area contributed by atoms with Gasteiger partial charge in [0.15, 0.2) is 0 Å². The second-order valence-corrected chi connectivity index (χ2v) is 4.75. The molecular formula is C14H27N. The first kappa shape index (κ1) is 14.4. The molecule has 0 atom stereocenters. The molecule has 0 amide bonds. The molecule has 0 aromatic rings. The maximum atomic E-state index is 6.24. The number of rotatable bonds is 6. The van der Waals surface area contributed by atoms with Gasteiger partial charge in [-0.1, -0.05) is 37.1 Å². The molecule has 0 bridgehead atoms. The third kappa shape index (κ3) is 6.51. The Hall–Kier alpha value is -0.560. The molecule has 0 aliphatic rings. The predicted octanol–water partition coefficient (Wildman–Crippen LogP) is 4.20. The van der Waals surface area contributed by atoms with Crippen LogP contribution in [0.2, 0.25) is 0 Å². The van der Waals surface area contributed by atoms with E-state index in [4.69, 9.17) is 5.73 Å². The maximum Gasteiger partial charge on any atom is 0.0336 e. The van der Waals surface area contributed by atoms with Crippen LogP contribution in [-0.2, 0) is 0 Å². The monoisotopic (exact) mass is 209 g/mol. The van der Waals surface area contributed by atoms with Gasteiger partial charge in [-0.15, -0.1) is 0 Å². The van der Waals surface area contributed by atoms with Gasteiger partial charge in [0.1, 0.15) is 0 Å². The Balaban J connectivity index is 4.24. The first-order chi connectivity index (χ1) is 6.93. The van der Waals surface area contributed by atoms with Crippen LogP contribution in [0.1, 0.15) is 60.3 Å². The molecular weight excluding hydrogens is 182 g/mol. The van der Waals surface area contributed by atoms with Crippen molar-refractivity contribution in [2.45, 2.75) is 65.8 Å². The van der Waals surface area contributed by atoms with Gasteiger partial charge in [-0.3, -0.25) is 0 Å². The van der Waals surface area contributed by atoms with Crippen molar-refractivity contribution in [3.05, 3.63) is 23.3 Å². The lowest BCUT2D eigenvalue weighted by Crippen LogP contribution is -2.36. The van der Waals surface area contributed by atoms with Gasteiger partial charge >= 0.3 is 0 Å². The maximum absolute atomic E-state index is 6.24. The van der Waals surface area contributed by atoms with Gasteiger partial charge in [-0.25, -0.2) is 0 Å². The molecule has 88 valence electrons. The van der Waals surface area contributed by atoms with E-state index in [1.807, 2.05) is 0 Å². The smallest absolute Gasteiger partial charge is 0.0336 e. The van der Waals surface area contributed by atoms with Crippen molar-refractivity contribution < 1.29 is 0 Å². The summed E-state index contributed by atoms with van der Waals surface area (Å²) in [6.07, 6.45) is 8.84. The quantitative estimate of drug-likeness (QED) is 0.652. The Labute approximate surface area is 95.4 Å². The Morgan fingerprint density at radius 2 is 1.67 bits per heavy atom. The molecule has 0 unspecified atom stereocenters. The standard InChI is InChI=1S/C14H27N/c1-6-14(15,7-2)11-13(5)10-8-9-12(3)4/h9,11H,6-8,10,15H2,1-5H3. The Bertz CT molecular complexity index is 228. The van der Waals surface area contributed by atoms with E-state index in [0.29, 0.717) is 0 Å². The predicted molar refractivity (Wildman–Crippen MR) is 69.9 cm³/mol. The minimum absolute atomic E-state index is 0.0882. The van der Waals surface area contributed by atoms with Gasteiger partial charge in [-0.2, -0.15) is 0 Å². The molecule has 0 aromatic heterocycles. The van der Waals surface area contributed by atoms with Crippen LogP contribution in [0.3, 0.4) is 0 Å². The van der Waals surface area contributed by atoms with Crippen molar-refractivity contribution in [1.82, 2.24) is 0 Å². The minimum Gasteiger partial charge on any atom is -0.322 e. The van der Waals surface area contributed by atoms with E-state index in [1.54, 1.807) is 0 Å². The molecule has 0 aliphatic heterocycles. The summed E-state index contributed by atoms with van der Waals surface area (Å²) in [6, 6.07) is 0. The average molecular weight is 209 g/mol. The molecule has 0 saturated carbocycles. The molecule has 0 saturated heterocycles. The Morgan fingerprint density at radius 1 is 1.13 bits per heavy atom. The largest absolute Gasteiger partial charge is 0.322 e. The number of hydrogen-bond donors (Lipinski definition) is 1. The zero-order chi connectivity index (χ0) is 11.9. The highest BCUT2D eigenvalue weighted by Gasteiger charge is 2.16. The summed E-state index contributed by atoms with van der Waals surface area (Å²) in [5.41, 5.74) is 8.96. The summed E-state index contributed by atoms with van der Waals surface area (Å²) in [5, 5.41) is 0. The van der Waals surface area contributed by atoms with Crippen molar-refractivity contribution in [3.63, 3.8) is 0 Å². The lowest BCUT2D eigenvalue weighted by atomic mass is 9.91. The fraction of sp³-hybridized carbons (Fsp3) is 0.714. The van der Waals surface area contributed by atoms with Crippen LogP contribution in [0.4, 0.5) is 0 Å². The summed E-state index contributed by atoms with van der Waals surface area (Å²) >= 11 is 0. The van der Waals surface area contributed by atoms with Crippen molar-refractivity contribution in [3.8, 4) is 0 Å². The van der Waals surface area contributed by atoms with Gasteiger partial charge < -0.3 is 5.73 Å². The Morgan fingerprint density at radius 3 is 2.07 bits per heavy atom. The van der Waals surface area contributed by atoms with Gasteiger partial charge in [0, 0.05) is 5.54 Å². The SMILES string of the molecule is CCC(N)(C=C(C)CCC=C(C)C)CC. The van der Waals surface area contributed by atoms with Gasteiger partial charge in [-0.05, 0) is 46.5 Å². The number of nitrogens with two attached hydrogens (primary N) is 1. The molecule has 15 heavy (non-hydrogen) atoms. The molecule has 0 fully saturated rings. The highest BCUT2D eigenvalue weighted by atomic mass is 14.7. The highest BCUT2D eigenvalue weighted by molar-refractivity contribution is 5.12. The number of hydrogen-bond acceptors (Lipinski definition) is 1. The van der Waals surface area contributed by atoms with Crippen LogP contribution in [-0.4, -0.2) is 5.54 Å². The van der Waals surface area contributed by atoms with E-state index < -0.39 is 0 Å². The summed E-state index contributed by atoms with van der Waals surface area (Å²) in [6.45, 7) is 10.8. The highest BCUT2D eigenvalue weighted by Crippen LogP contribution is 2.17. The van der Waals surface area contributed by atoms with E-state index in [-0.39, 0.29) is 5.54 Å². The van der Waals surface area contributed by atoms with E-state index in [0.717, 1.165) is 25.7 Å². The molecule has 1 heteroatoms. The van der Waals surface area contributed by atoms with E-state index in [1.165, 1.54) is 11.1 Å². The normalized spacial score (nSPS) is 12.8. The van der Waals surface area contributed by atoms with Gasteiger partial charge in [0.25, 0.3) is 0 Å². The van der Waals surface area contributed by atoms with E-state index in [2.05, 4.69) is 46.8 Å². The van der Waals surface area contributed by atoms with E-state index >= 15 is 0 Å². The zero-order valence-electron chi connectivity index (χ0n) is 11.1. The fourth-order valence-electron chi connectivity index (χ4n) is 1.61. The molecule has 1 nitrogen and oxygen atoms in total. The molecule has 0 spiro atoms. The van der Waals surface area contributed by atoms with Crippen LogP contribution < -0.4 is 5.73 Å². The molecule has 0 radical (unpaired) electrons. The Kier molecular flexibility index (Phi) is 6.58. The summed E-state index contributed by atoms with van der Waals surface area (Å²) in [7, 11) is 0. The lowest BCUT2D eigenvalue weighted by molar-refractivity contribution is 0.489. The lowest BCUT2D eigenvalue weighted by Gasteiger charge is -2.23. The molecule has 0 aliphatic carbocycles. The van der Waals surface area contributed by atoms with Crippen molar-refractivity contribution in [1.29, 1.82) is 0 Å². The fourth-order valence-corrected chi connectivity index (χ4v) is 1.61. The minimum atomic E-state index is -0.0882. The van der Waals surface area contributed by atoms with Crippen molar-refractivity contribution in [2.24, 2.45) is 5.73 Å². The first-order valence-electron chi connectivity index (χ1n) is 6.04. The first-order valence-corrected chi connectivity index (χ1v) is 6.04. The zero-order valence-corrected chi connectivity index (χ0v) is 11.1. The number of allylic oxidation sites excluding steroid dienone is 3. The van der Waals surface area contributed by atoms with Gasteiger partial charge in [0.2, 0.25) is 0 Å². The molecule has 0 aromatic carbocycles. The summed E-state index contributed by atoms with van der Waals surface area (Å²) in [4.78, 5) is 0. The van der Waals surface area contributed by atoms with Crippen LogP contribution in [0.25, 0.3) is 0 Å². The molecule has 2 N–H and O–H groups in total. The van der Waals surface area contributed by atoms with Crippen LogP contribution in [0.15, 0.2) is 23.3 Å². The van der Waals surface area contributed by atoms with E-state index in [9.17, 15) is 0 Å². The molecule has 0 heterocycles. The van der Waals surface area contributed by atoms with Crippen molar-refractivity contribution >= 4 is 0 Å². The van der Waals surface area contributed by atoms with Gasteiger partial charge in [0.05, 0.1) is 0 Å². The second kappa shape index (κ2) is 6.84. The average Bonchev–Trinajstić information content (AvgIpc) is 2.17. The second-order valence-electron chi connectivity index (χ2n) is 4.75. The van der Waals surface area contributed by atoms with Crippen LogP contribution in [0, 0.1) is 0 Å². The topological polar surface area (TPSA) is 26.0 Å². The third-order valence-electron chi connectivity index (χ3n) is 2.94. The third-order valence-corrected chi connectivity index (χ3v) is 2.94. The summed E-state index contributed by atoms with van der Waals surface area (Å²) in [5.74, 6) is 0. The van der Waals surface area contributed by atoms with Crippen LogP contribution in [0.5, 0.6) is 0 Å². The van der Waals surface area contributed by atoms with Crippen molar-refractivity contribution in [2.75, 3.05) is 0 Å². The molecule has 0 rings (SSSR count). The van der Waals surface area contributed by atoms with Crippen LogP contribution >= 0.6 is 0 Å².